The molecule has 0 aliphatic carbocycles. The lowest BCUT2D eigenvalue weighted by Crippen LogP contribution is -2.21. The maximum Gasteiger partial charge on any atom is 0.349 e. The number of imidazole rings is 1. The lowest BCUT2D eigenvalue weighted by Gasteiger charge is -2.08. The number of nitrogens with one attached hydrogen (secondary N) is 1. The summed E-state index contributed by atoms with van der Waals surface area (Å²) in [5.74, 6) is -0.0487. The maximum atomic E-state index is 13.1. The van der Waals surface area contributed by atoms with Gasteiger partial charge in [0, 0.05) is 17.1 Å². The number of nitrogens with zero attached hydrogens (tertiary/aromatic N) is 2. The van der Waals surface area contributed by atoms with Gasteiger partial charge in [-0.25, -0.2) is 9.78 Å². The fourth-order valence-electron chi connectivity index (χ4n) is 3.52. The van der Waals surface area contributed by atoms with E-state index in [1.54, 1.807) is 24.3 Å². The fraction of sp³-hybridized carbons (Fsp3) is 0.0417. The molecule has 0 aliphatic heterocycles. The molecular weight excluding hydrogens is 378 g/mol. The number of rotatable bonds is 3. The molecule has 6 nitrogen and oxygen atoms in total. The molecule has 0 saturated heterocycles. The molecule has 2 aromatic carbocycles. The summed E-state index contributed by atoms with van der Waals surface area (Å²) in [4.78, 5) is 30.3. The standard InChI is InChI=1S/C24H17N3O3/c1-15-8-7-13-27-21(15)25-20(16-9-3-2-4-10-16)22(27)26-23(28)18-14-17-11-5-6-12-19(17)30-24(18)29/h2-14H,1H3,(H,26,28). The third-order valence-electron chi connectivity index (χ3n) is 5.01. The first-order chi connectivity index (χ1) is 14.6. The van der Waals surface area contributed by atoms with Crippen molar-refractivity contribution >= 4 is 28.3 Å². The molecule has 0 aliphatic rings. The number of aromatic nitrogens is 2. The van der Waals surface area contributed by atoms with Crippen molar-refractivity contribution in [2.45, 2.75) is 6.92 Å². The summed E-state index contributed by atoms with van der Waals surface area (Å²) >= 11 is 0. The Morgan fingerprint density at radius 1 is 1.00 bits per heavy atom. The minimum Gasteiger partial charge on any atom is -0.422 e. The van der Waals surface area contributed by atoms with Crippen molar-refractivity contribution in [2.24, 2.45) is 0 Å². The number of hydrogen-bond acceptors (Lipinski definition) is 4. The highest BCUT2D eigenvalue weighted by Crippen LogP contribution is 2.30. The molecule has 0 bridgehead atoms. The molecule has 5 aromatic rings. The Morgan fingerprint density at radius 3 is 2.60 bits per heavy atom. The number of carbonyl (C=O) groups excluding carboxylic acids is 1. The van der Waals surface area contributed by atoms with E-state index in [2.05, 4.69) is 5.32 Å². The van der Waals surface area contributed by atoms with E-state index in [0.29, 0.717) is 22.5 Å². The summed E-state index contributed by atoms with van der Waals surface area (Å²) in [7, 11) is 0. The molecule has 0 fully saturated rings. The van der Waals surface area contributed by atoms with Gasteiger partial charge in [-0.15, -0.1) is 0 Å². The molecule has 146 valence electrons. The SMILES string of the molecule is Cc1cccn2c(NC(=O)c3cc4ccccc4oc3=O)c(-c3ccccc3)nc12. The zero-order valence-corrected chi connectivity index (χ0v) is 16.1. The van der Waals surface area contributed by atoms with Crippen molar-refractivity contribution in [3.8, 4) is 11.3 Å². The van der Waals surface area contributed by atoms with Gasteiger partial charge < -0.3 is 9.73 Å². The van der Waals surface area contributed by atoms with Crippen LogP contribution in [0.1, 0.15) is 15.9 Å². The van der Waals surface area contributed by atoms with Crippen LogP contribution in [-0.2, 0) is 0 Å². The Labute approximate surface area is 171 Å². The van der Waals surface area contributed by atoms with Gasteiger partial charge in [0.05, 0.1) is 0 Å². The summed E-state index contributed by atoms with van der Waals surface area (Å²) in [6, 6.07) is 22.1. The second-order valence-electron chi connectivity index (χ2n) is 7.00. The van der Waals surface area contributed by atoms with E-state index in [9.17, 15) is 9.59 Å². The van der Waals surface area contributed by atoms with Crippen LogP contribution in [0.15, 0.2) is 88.2 Å². The van der Waals surface area contributed by atoms with Crippen molar-refractivity contribution in [2.75, 3.05) is 5.32 Å². The first kappa shape index (κ1) is 17.9. The minimum absolute atomic E-state index is 0.0599. The van der Waals surface area contributed by atoms with Gasteiger partial charge >= 0.3 is 5.63 Å². The van der Waals surface area contributed by atoms with Crippen LogP contribution in [0.3, 0.4) is 0 Å². The summed E-state index contributed by atoms with van der Waals surface area (Å²) in [6.07, 6.45) is 1.83. The number of para-hydroxylation sites is 1. The highest BCUT2D eigenvalue weighted by atomic mass is 16.4. The van der Waals surface area contributed by atoms with Crippen LogP contribution in [0.2, 0.25) is 0 Å². The van der Waals surface area contributed by atoms with Gasteiger partial charge in [-0.1, -0.05) is 54.6 Å². The number of amides is 1. The molecule has 1 N–H and O–H groups in total. The Kier molecular flexibility index (Phi) is 4.17. The third-order valence-corrected chi connectivity index (χ3v) is 5.01. The van der Waals surface area contributed by atoms with Crippen molar-refractivity contribution in [3.05, 3.63) is 101 Å². The van der Waals surface area contributed by atoms with Crippen LogP contribution >= 0.6 is 0 Å². The Morgan fingerprint density at radius 2 is 1.77 bits per heavy atom. The van der Waals surface area contributed by atoms with Crippen LogP contribution in [-0.4, -0.2) is 15.3 Å². The Bertz CT molecular complexity index is 1470. The van der Waals surface area contributed by atoms with Crippen LogP contribution < -0.4 is 10.9 Å². The van der Waals surface area contributed by atoms with E-state index in [-0.39, 0.29) is 5.56 Å². The number of carbonyl (C=O) groups is 1. The van der Waals surface area contributed by atoms with Gasteiger partial charge in [-0.3, -0.25) is 9.20 Å². The van der Waals surface area contributed by atoms with Gasteiger partial charge in [0.15, 0.2) is 0 Å². The number of benzene rings is 2. The van der Waals surface area contributed by atoms with Crippen molar-refractivity contribution in [1.82, 2.24) is 9.38 Å². The number of pyridine rings is 1. The number of hydrogen-bond donors (Lipinski definition) is 1. The van der Waals surface area contributed by atoms with E-state index < -0.39 is 11.5 Å². The topological polar surface area (TPSA) is 76.6 Å². The molecular formula is C24H17N3O3. The van der Waals surface area contributed by atoms with E-state index >= 15 is 0 Å². The first-order valence-electron chi connectivity index (χ1n) is 9.49. The monoisotopic (exact) mass is 395 g/mol. The quantitative estimate of drug-likeness (QED) is 0.451. The van der Waals surface area contributed by atoms with Crippen LogP contribution in [0.25, 0.3) is 27.9 Å². The van der Waals surface area contributed by atoms with E-state index in [0.717, 1.165) is 16.8 Å². The van der Waals surface area contributed by atoms with Gasteiger partial charge in [0.25, 0.3) is 5.91 Å². The molecule has 0 unspecified atom stereocenters. The van der Waals surface area contributed by atoms with Gasteiger partial charge in [0.1, 0.15) is 28.3 Å². The molecule has 30 heavy (non-hydrogen) atoms. The molecule has 0 atom stereocenters. The lowest BCUT2D eigenvalue weighted by molar-refractivity contribution is 0.102. The molecule has 1 amide bonds. The normalized spacial score (nSPS) is 11.1. The summed E-state index contributed by atoms with van der Waals surface area (Å²) in [5.41, 5.74) is 2.89. The number of fused-ring (bicyclic) bond motifs is 2. The minimum atomic E-state index is -0.683. The van der Waals surface area contributed by atoms with Crippen LogP contribution in [0.5, 0.6) is 0 Å². The predicted octanol–water partition coefficient (Wildman–Crippen LogP) is 4.67. The molecule has 0 saturated carbocycles. The number of anilines is 1. The third kappa shape index (κ3) is 2.95. The average molecular weight is 395 g/mol. The fourth-order valence-corrected chi connectivity index (χ4v) is 3.52. The Balaban J connectivity index is 1.65. The summed E-state index contributed by atoms with van der Waals surface area (Å²) < 4.78 is 7.13. The van der Waals surface area contributed by atoms with Crippen molar-refractivity contribution in [1.29, 1.82) is 0 Å². The molecule has 6 heteroatoms. The molecule has 5 rings (SSSR count). The first-order valence-corrected chi connectivity index (χ1v) is 9.49. The van der Waals surface area contributed by atoms with Gasteiger partial charge in [-0.05, 0) is 30.7 Å². The number of aryl methyl sites for hydroxylation is 1. The van der Waals surface area contributed by atoms with Gasteiger partial charge in [0.2, 0.25) is 0 Å². The molecule has 3 heterocycles. The maximum absolute atomic E-state index is 13.1. The highest BCUT2D eigenvalue weighted by Gasteiger charge is 2.20. The van der Waals surface area contributed by atoms with E-state index in [1.807, 2.05) is 66.1 Å². The Hall–Kier alpha value is -4.19. The molecule has 3 aromatic heterocycles. The van der Waals surface area contributed by atoms with Crippen molar-refractivity contribution < 1.29 is 9.21 Å². The zero-order valence-electron chi connectivity index (χ0n) is 16.1. The average Bonchev–Trinajstić information content (AvgIpc) is 3.13. The predicted molar refractivity (Wildman–Crippen MR) is 116 cm³/mol. The lowest BCUT2D eigenvalue weighted by atomic mass is 10.1. The second-order valence-corrected chi connectivity index (χ2v) is 7.00. The van der Waals surface area contributed by atoms with Gasteiger partial charge in [-0.2, -0.15) is 0 Å². The highest BCUT2D eigenvalue weighted by molar-refractivity contribution is 6.06. The van der Waals surface area contributed by atoms with Crippen LogP contribution in [0.4, 0.5) is 5.82 Å². The van der Waals surface area contributed by atoms with E-state index in [1.165, 1.54) is 0 Å². The zero-order chi connectivity index (χ0) is 20.7. The largest absolute Gasteiger partial charge is 0.422 e. The summed E-state index contributed by atoms with van der Waals surface area (Å²) in [6.45, 7) is 1.96. The summed E-state index contributed by atoms with van der Waals surface area (Å²) in [5, 5.41) is 3.56. The smallest absolute Gasteiger partial charge is 0.349 e. The second kappa shape index (κ2) is 7.00. The van der Waals surface area contributed by atoms with Crippen molar-refractivity contribution in [3.63, 3.8) is 0 Å². The molecule has 0 spiro atoms. The molecule has 0 radical (unpaired) electrons. The van der Waals surface area contributed by atoms with Crippen LogP contribution in [0, 0.1) is 6.92 Å². The van der Waals surface area contributed by atoms with E-state index in [4.69, 9.17) is 9.40 Å².